The van der Waals surface area contributed by atoms with Crippen LogP contribution in [0.25, 0.3) is 0 Å². The molecule has 1 atom stereocenters. The molecule has 5 nitrogen and oxygen atoms in total. The molecule has 1 unspecified atom stereocenters. The number of ether oxygens (including phenoxy) is 2. The molecule has 0 saturated carbocycles. The molecule has 3 rings (SSSR count). The fourth-order valence-electron chi connectivity index (χ4n) is 2.40. The van der Waals surface area contributed by atoms with Crippen molar-refractivity contribution in [3.8, 4) is 11.5 Å². The lowest BCUT2D eigenvalue weighted by atomic mass is 10.0. The summed E-state index contributed by atoms with van der Waals surface area (Å²) >= 11 is 9.37. The number of hydrogen-bond acceptors (Lipinski definition) is 4. The van der Waals surface area contributed by atoms with Crippen LogP contribution in [0.4, 0.5) is 5.69 Å². The molecule has 2 aromatic carbocycles. The fourth-order valence-corrected chi connectivity index (χ4v) is 2.74. The van der Waals surface area contributed by atoms with Crippen LogP contribution in [0.1, 0.15) is 22.8 Å². The monoisotopic (exact) mass is 423 g/mol. The lowest BCUT2D eigenvalue weighted by Gasteiger charge is -2.21. The lowest BCUT2D eigenvalue weighted by Crippen LogP contribution is -2.23. The van der Waals surface area contributed by atoms with E-state index in [1.54, 1.807) is 43.3 Å². The molecule has 0 aromatic heterocycles. The van der Waals surface area contributed by atoms with Crippen LogP contribution in [0.15, 0.2) is 36.4 Å². The highest BCUT2D eigenvalue weighted by atomic mass is 79.9. The number of halogens is 2. The van der Waals surface area contributed by atoms with E-state index in [9.17, 15) is 9.59 Å². The molecule has 1 aliphatic rings. The molecule has 0 radical (unpaired) electrons. The number of anilines is 1. The van der Waals surface area contributed by atoms with E-state index in [-0.39, 0.29) is 11.7 Å². The third kappa shape index (κ3) is 3.80. The van der Waals surface area contributed by atoms with Gasteiger partial charge in [0, 0.05) is 11.6 Å². The number of nitrogens with one attached hydrogen (secondary N) is 1. The smallest absolute Gasteiger partial charge is 0.237 e. The van der Waals surface area contributed by atoms with Crippen molar-refractivity contribution in [1.82, 2.24) is 0 Å². The molecule has 1 heterocycles. The van der Waals surface area contributed by atoms with Crippen molar-refractivity contribution in [3.05, 3.63) is 52.5 Å². The third-order valence-corrected chi connectivity index (χ3v) is 4.41. The molecule has 1 amide bonds. The van der Waals surface area contributed by atoms with E-state index in [0.717, 1.165) is 0 Å². The summed E-state index contributed by atoms with van der Waals surface area (Å²) in [6, 6.07) is 9.94. The molecule has 1 N–H and O–H groups in total. The Morgan fingerprint density at radius 2 is 1.76 bits per heavy atom. The van der Waals surface area contributed by atoms with Gasteiger partial charge >= 0.3 is 0 Å². The molecule has 0 fully saturated rings. The van der Waals surface area contributed by atoms with Gasteiger partial charge in [-0.3, -0.25) is 9.59 Å². The highest BCUT2D eigenvalue weighted by Gasteiger charge is 2.23. The van der Waals surface area contributed by atoms with Gasteiger partial charge in [-0.15, -0.1) is 0 Å². The maximum Gasteiger partial charge on any atom is 0.237 e. The number of carbonyl (C=O) groups is 2. The van der Waals surface area contributed by atoms with E-state index < -0.39 is 4.83 Å². The summed E-state index contributed by atoms with van der Waals surface area (Å²) < 4.78 is 11.1. The molecule has 7 heteroatoms. The molecule has 130 valence electrons. The van der Waals surface area contributed by atoms with E-state index >= 15 is 0 Å². The van der Waals surface area contributed by atoms with E-state index in [4.69, 9.17) is 21.1 Å². The second-order valence-corrected chi connectivity index (χ2v) is 7.24. The van der Waals surface area contributed by atoms with Gasteiger partial charge in [0.25, 0.3) is 0 Å². The quantitative estimate of drug-likeness (QED) is 0.594. The predicted octanol–water partition coefficient (Wildman–Crippen LogP) is 4.06. The summed E-state index contributed by atoms with van der Waals surface area (Å²) in [5.74, 6) is 0.371. The molecule has 0 saturated heterocycles. The van der Waals surface area contributed by atoms with Crippen LogP contribution < -0.4 is 14.8 Å². The maximum absolute atomic E-state index is 13.0. The first-order valence-corrected chi connectivity index (χ1v) is 8.94. The lowest BCUT2D eigenvalue weighted by molar-refractivity contribution is -0.115. The molecule has 0 bridgehead atoms. The number of ketones is 1. The summed E-state index contributed by atoms with van der Waals surface area (Å²) in [6.07, 6.45) is 0. The Bertz CT molecular complexity index is 838. The van der Waals surface area contributed by atoms with Crippen molar-refractivity contribution in [1.29, 1.82) is 0 Å². The molecule has 0 aliphatic carbocycles. The second-order valence-electron chi connectivity index (χ2n) is 5.46. The van der Waals surface area contributed by atoms with Crippen LogP contribution in [0.5, 0.6) is 11.5 Å². The molecule has 0 spiro atoms. The first-order chi connectivity index (χ1) is 12.0. The summed E-state index contributed by atoms with van der Waals surface area (Å²) in [7, 11) is 0. The standard InChI is InChI=1S/C18H15BrClNO4/c1-10(19)18(23)21-14-9-16-15(24-6-7-25-16)8-12(14)17(22)11-4-2-3-5-13(11)20/h2-5,8-10H,6-7H2,1H3,(H,21,23). The predicted molar refractivity (Wildman–Crippen MR) is 99.3 cm³/mol. The zero-order valence-corrected chi connectivity index (χ0v) is 15.7. The first kappa shape index (κ1) is 17.8. The Kier molecular flexibility index (Phi) is 5.30. The zero-order chi connectivity index (χ0) is 18.0. The van der Waals surface area contributed by atoms with Crippen molar-refractivity contribution in [2.45, 2.75) is 11.8 Å². The Hall–Kier alpha value is -2.05. The third-order valence-electron chi connectivity index (χ3n) is 3.66. The molecular weight excluding hydrogens is 410 g/mol. The molecule has 2 aromatic rings. The van der Waals surface area contributed by atoms with E-state index in [1.807, 2.05) is 0 Å². The number of carbonyl (C=O) groups excluding carboxylic acids is 2. The van der Waals surface area contributed by atoms with Gasteiger partial charge in [-0.1, -0.05) is 39.7 Å². The number of alkyl halides is 1. The van der Waals surface area contributed by atoms with Crippen molar-refractivity contribution in [3.63, 3.8) is 0 Å². The fraction of sp³-hybridized carbons (Fsp3) is 0.222. The summed E-state index contributed by atoms with van der Waals surface area (Å²) in [5, 5.41) is 3.09. The molecule has 1 aliphatic heterocycles. The maximum atomic E-state index is 13.0. The van der Waals surface area contributed by atoms with Crippen LogP contribution in [0.3, 0.4) is 0 Å². The van der Waals surface area contributed by atoms with Gasteiger partial charge in [0.15, 0.2) is 17.3 Å². The minimum Gasteiger partial charge on any atom is -0.486 e. The van der Waals surface area contributed by atoms with Crippen LogP contribution in [-0.4, -0.2) is 29.7 Å². The van der Waals surface area contributed by atoms with Crippen LogP contribution >= 0.6 is 27.5 Å². The van der Waals surface area contributed by atoms with Gasteiger partial charge in [0.1, 0.15) is 13.2 Å². The minimum atomic E-state index is -0.413. The normalized spacial score (nSPS) is 13.9. The Morgan fingerprint density at radius 1 is 1.12 bits per heavy atom. The second kappa shape index (κ2) is 7.45. The number of amides is 1. The van der Waals surface area contributed by atoms with Gasteiger partial charge in [0.05, 0.1) is 21.1 Å². The number of hydrogen-bond donors (Lipinski definition) is 1. The average molecular weight is 425 g/mol. The van der Waals surface area contributed by atoms with Gasteiger partial charge in [0.2, 0.25) is 5.91 Å². The van der Waals surface area contributed by atoms with Crippen LogP contribution in [0.2, 0.25) is 5.02 Å². The van der Waals surface area contributed by atoms with Gasteiger partial charge in [-0.05, 0) is 25.1 Å². The van der Waals surface area contributed by atoms with Crippen molar-refractivity contribution in [2.24, 2.45) is 0 Å². The van der Waals surface area contributed by atoms with E-state index in [2.05, 4.69) is 21.2 Å². The van der Waals surface area contributed by atoms with Gasteiger partial charge in [-0.2, -0.15) is 0 Å². The van der Waals surface area contributed by atoms with Gasteiger partial charge in [-0.25, -0.2) is 0 Å². The Balaban J connectivity index is 2.08. The van der Waals surface area contributed by atoms with Crippen LogP contribution in [0, 0.1) is 0 Å². The molecule has 25 heavy (non-hydrogen) atoms. The topological polar surface area (TPSA) is 64.6 Å². The summed E-state index contributed by atoms with van der Waals surface area (Å²) in [5.41, 5.74) is 0.993. The van der Waals surface area contributed by atoms with Crippen molar-refractivity contribution >= 4 is 44.9 Å². The number of fused-ring (bicyclic) bond motifs is 1. The Morgan fingerprint density at radius 3 is 2.40 bits per heavy atom. The van der Waals surface area contributed by atoms with Crippen molar-refractivity contribution < 1.29 is 19.1 Å². The van der Waals surface area contributed by atoms with Crippen LogP contribution in [-0.2, 0) is 4.79 Å². The highest BCUT2D eigenvalue weighted by molar-refractivity contribution is 9.10. The summed E-state index contributed by atoms with van der Waals surface area (Å²) in [4.78, 5) is 24.7. The SMILES string of the molecule is CC(Br)C(=O)Nc1cc2c(cc1C(=O)c1ccccc1Cl)OCCO2. The summed E-state index contributed by atoms with van der Waals surface area (Å²) in [6.45, 7) is 2.51. The van der Waals surface area contributed by atoms with E-state index in [0.29, 0.717) is 46.5 Å². The largest absolute Gasteiger partial charge is 0.486 e. The Labute approximate surface area is 158 Å². The number of benzene rings is 2. The van der Waals surface area contributed by atoms with Gasteiger partial charge < -0.3 is 14.8 Å². The number of rotatable bonds is 4. The van der Waals surface area contributed by atoms with Crippen molar-refractivity contribution in [2.75, 3.05) is 18.5 Å². The molecular formula is C18H15BrClNO4. The average Bonchev–Trinajstić information content (AvgIpc) is 2.61. The first-order valence-electron chi connectivity index (χ1n) is 7.65. The van der Waals surface area contributed by atoms with E-state index in [1.165, 1.54) is 0 Å². The zero-order valence-electron chi connectivity index (χ0n) is 13.3. The highest BCUT2D eigenvalue weighted by Crippen LogP contribution is 2.37. The minimum absolute atomic E-state index is 0.273.